The molecule has 3 nitrogen and oxygen atoms in total. The van der Waals surface area contributed by atoms with Gasteiger partial charge in [0.1, 0.15) is 5.82 Å². The van der Waals surface area contributed by atoms with Crippen molar-refractivity contribution in [3.05, 3.63) is 64.4 Å². The Morgan fingerprint density at radius 3 is 2.48 bits per heavy atom. The van der Waals surface area contributed by atoms with E-state index in [1.165, 1.54) is 18.7 Å². The second-order valence-electron chi connectivity index (χ2n) is 6.35. The first kappa shape index (κ1) is 17.7. The quantitative estimate of drug-likeness (QED) is 0.746. The summed E-state index contributed by atoms with van der Waals surface area (Å²) in [5.41, 5.74) is 2.52. The molecule has 0 radical (unpaired) electrons. The second-order valence-corrected chi connectivity index (χ2v) is 6.79. The number of methoxy groups -OCH3 is 1. The standard InChI is InChI=1S/C20H21ClFNO2/c1-25-20(24)13-14-2-7-19(18(22)12-14)23-10-8-16(9-11-23)15-3-5-17(21)6-4-15/h2-7,12,16H,8-11,13H2,1H3. The van der Waals surface area contributed by atoms with Crippen molar-refractivity contribution in [1.82, 2.24) is 0 Å². The molecule has 0 aliphatic carbocycles. The molecule has 2 aromatic rings. The predicted octanol–water partition coefficient (Wildman–Crippen LogP) is 4.58. The number of carbonyl (C=O) groups excluding carboxylic acids is 1. The van der Waals surface area contributed by atoms with Crippen molar-refractivity contribution in [2.45, 2.75) is 25.2 Å². The van der Waals surface area contributed by atoms with Crippen molar-refractivity contribution in [2.75, 3.05) is 25.1 Å². The summed E-state index contributed by atoms with van der Waals surface area (Å²) in [7, 11) is 1.33. The number of hydrogen-bond donors (Lipinski definition) is 0. The molecule has 0 N–H and O–H groups in total. The number of ether oxygens (including phenoxy) is 1. The second kappa shape index (κ2) is 7.87. The van der Waals surface area contributed by atoms with Crippen LogP contribution in [0.1, 0.15) is 29.9 Å². The third kappa shape index (κ3) is 4.31. The third-order valence-corrected chi connectivity index (χ3v) is 5.02. The summed E-state index contributed by atoms with van der Waals surface area (Å²) in [6, 6.07) is 13.0. The van der Waals surface area contributed by atoms with Crippen molar-refractivity contribution in [3.63, 3.8) is 0 Å². The van der Waals surface area contributed by atoms with Gasteiger partial charge in [0.25, 0.3) is 0 Å². The van der Waals surface area contributed by atoms with Crippen molar-refractivity contribution in [1.29, 1.82) is 0 Å². The van der Waals surface area contributed by atoms with Crippen molar-refractivity contribution >= 4 is 23.3 Å². The maximum absolute atomic E-state index is 14.4. The summed E-state index contributed by atoms with van der Waals surface area (Å²) in [5, 5.41) is 0.746. The van der Waals surface area contributed by atoms with E-state index < -0.39 is 0 Å². The molecule has 0 amide bonds. The lowest BCUT2D eigenvalue weighted by atomic mass is 9.89. The summed E-state index contributed by atoms with van der Waals surface area (Å²) in [6.07, 6.45) is 2.04. The van der Waals surface area contributed by atoms with Gasteiger partial charge in [0.2, 0.25) is 0 Å². The fourth-order valence-corrected chi connectivity index (χ4v) is 3.47. The van der Waals surface area contributed by atoms with Gasteiger partial charge in [-0.25, -0.2) is 4.39 Å². The number of anilines is 1. The van der Waals surface area contributed by atoms with Gasteiger partial charge in [-0.2, -0.15) is 0 Å². The average molecular weight is 362 g/mol. The van der Waals surface area contributed by atoms with Crippen molar-refractivity contribution in [2.24, 2.45) is 0 Å². The highest BCUT2D eigenvalue weighted by Crippen LogP contribution is 2.32. The summed E-state index contributed by atoms with van der Waals surface area (Å²) in [4.78, 5) is 13.4. The normalized spacial score (nSPS) is 15.2. The molecule has 0 saturated carbocycles. The Bertz CT molecular complexity index is 740. The predicted molar refractivity (Wildman–Crippen MR) is 97.8 cm³/mol. The molecule has 1 heterocycles. The van der Waals surface area contributed by atoms with Gasteiger partial charge in [0.05, 0.1) is 19.2 Å². The molecule has 25 heavy (non-hydrogen) atoms. The lowest BCUT2D eigenvalue weighted by Crippen LogP contribution is -2.33. The lowest BCUT2D eigenvalue weighted by Gasteiger charge is -2.34. The van der Waals surface area contributed by atoms with Gasteiger partial charge in [-0.3, -0.25) is 4.79 Å². The van der Waals surface area contributed by atoms with Gasteiger partial charge in [0.15, 0.2) is 0 Å². The fraction of sp³-hybridized carbons (Fsp3) is 0.350. The first-order valence-electron chi connectivity index (χ1n) is 8.42. The minimum absolute atomic E-state index is 0.0896. The van der Waals surface area contributed by atoms with Crippen LogP contribution in [0.2, 0.25) is 5.02 Å². The molecule has 3 rings (SSSR count). The number of nitrogens with zero attached hydrogens (tertiary/aromatic N) is 1. The molecule has 1 fully saturated rings. The van der Waals surface area contributed by atoms with Gasteiger partial charge in [-0.1, -0.05) is 29.8 Å². The van der Waals surface area contributed by atoms with E-state index in [0.29, 0.717) is 17.2 Å². The van der Waals surface area contributed by atoms with Gasteiger partial charge in [-0.15, -0.1) is 0 Å². The Kier molecular flexibility index (Phi) is 5.59. The molecule has 1 saturated heterocycles. The largest absolute Gasteiger partial charge is 0.469 e. The van der Waals surface area contributed by atoms with Gasteiger partial charge in [0, 0.05) is 18.1 Å². The van der Waals surface area contributed by atoms with Gasteiger partial charge >= 0.3 is 5.97 Å². The number of halogens is 2. The van der Waals surface area contributed by atoms with Crippen molar-refractivity contribution < 1.29 is 13.9 Å². The lowest BCUT2D eigenvalue weighted by molar-refractivity contribution is -0.139. The maximum atomic E-state index is 14.4. The SMILES string of the molecule is COC(=O)Cc1ccc(N2CCC(c3ccc(Cl)cc3)CC2)c(F)c1. The molecule has 0 bridgehead atoms. The first-order valence-corrected chi connectivity index (χ1v) is 8.80. The number of rotatable bonds is 4. The molecule has 0 spiro atoms. The molecule has 5 heteroatoms. The highest BCUT2D eigenvalue weighted by molar-refractivity contribution is 6.30. The molecule has 1 aliphatic rings. The zero-order valence-electron chi connectivity index (χ0n) is 14.2. The van der Waals surface area contributed by atoms with E-state index >= 15 is 0 Å². The smallest absolute Gasteiger partial charge is 0.309 e. The number of carbonyl (C=O) groups is 1. The fourth-order valence-electron chi connectivity index (χ4n) is 3.34. The van der Waals surface area contributed by atoms with E-state index in [1.807, 2.05) is 12.1 Å². The summed E-state index contributed by atoms with van der Waals surface area (Å²) >= 11 is 5.95. The minimum atomic E-state index is -0.365. The van der Waals surface area contributed by atoms with Crippen LogP contribution in [0.25, 0.3) is 0 Å². The van der Waals surface area contributed by atoms with Crippen LogP contribution in [0, 0.1) is 5.82 Å². The van der Waals surface area contributed by atoms with Crippen molar-refractivity contribution in [3.8, 4) is 0 Å². The highest BCUT2D eigenvalue weighted by atomic mass is 35.5. The van der Waals surface area contributed by atoms with Crippen LogP contribution in [0.15, 0.2) is 42.5 Å². The van der Waals surface area contributed by atoms with E-state index in [1.54, 1.807) is 12.1 Å². The monoisotopic (exact) mass is 361 g/mol. The van der Waals surface area contributed by atoms with Crippen LogP contribution in [0.3, 0.4) is 0 Å². The van der Waals surface area contributed by atoms with Crippen LogP contribution in [-0.4, -0.2) is 26.2 Å². The van der Waals surface area contributed by atoms with Crippen LogP contribution in [-0.2, 0) is 16.0 Å². The highest BCUT2D eigenvalue weighted by Gasteiger charge is 2.22. The van der Waals surface area contributed by atoms with E-state index in [9.17, 15) is 9.18 Å². The summed E-state index contributed by atoms with van der Waals surface area (Å²) in [5.74, 6) is -0.169. The van der Waals surface area contributed by atoms with Crippen LogP contribution >= 0.6 is 11.6 Å². The Balaban J connectivity index is 1.64. The minimum Gasteiger partial charge on any atom is -0.469 e. The molecule has 2 aromatic carbocycles. The van der Waals surface area contributed by atoms with Crippen LogP contribution < -0.4 is 4.90 Å². The van der Waals surface area contributed by atoms with E-state index in [-0.39, 0.29) is 18.2 Å². The maximum Gasteiger partial charge on any atom is 0.309 e. The molecular weight excluding hydrogens is 341 g/mol. The molecule has 0 aromatic heterocycles. The average Bonchev–Trinajstić information content (AvgIpc) is 2.63. The topological polar surface area (TPSA) is 29.5 Å². The first-order chi connectivity index (χ1) is 12.1. The Hall–Kier alpha value is -2.07. The number of esters is 1. The zero-order valence-corrected chi connectivity index (χ0v) is 14.9. The molecule has 132 valence electrons. The Morgan fingerprint density at radius 2 is 1.88 bits per heavy atom. The molecule has 1 aliphatic heterocycles. The van der Waals surface area contributed by atoms with Gasteiger partial charge < -0.3 is 9.64 Å². The van der Waals surface area contributed by atoms with E-state index in [2.05, 4.69) is 21.8 Å². The molecule has 0 atom stereocenters. The number of hydrogen-bond acceptors (Lipinski definition) is 3. The zero-order chi connectivity index (χ0) is 17.8. The Labute approximate surface area is 152 Å². The van der Waals surface area contributed by atoms with Crippen LogP contribution in [0.5, 0.6) is 0 Å². The molecular formula is C20H21ClFNO2. The third-order valence-electron chi connectivity index (χ3n) is 4.77. The van der Waals surface area contributed by atoms with Crippen LogP contribution in [0.4, 0.5) is 10.1 Å². The summed E-state index contributed by atoms with van der Waals surface area (Å²) in [6.45, 7) is 1.61. The number of benzene rings is 2. The van der Waals surface area contributed by atoms with E-state index in [4.69, 9.17) is 11.6 Å². The van der Waals surface area contributed by atoms with Gasteiger partial charge in [-0.05, 0) is 54.2 Å². The Morgan fingerprint density at radius 1 is 1.20 bits per heavy atom. The molecule has 0 unspecified atom stereocenters. The van der Waals surface area contributed by atoms with E-state index in [0.717, 1.165) is 31.0 Å². The summed E-state index contributed by atoms with van der Waals surface area (Å²) < 4.78 is 19.1. The number of piperidine rings is 1.